The van der Waals surface area contributed by atoms with E-state index in [9.17, 15) is 5.11 Å². The summed E-state index contributed by atoms with van der Waals surface area (Å²) in [5, 5.41) is 10.6. The van der Waals surface area contributed by atoms with E-state index < -0.39 is 5.60 Å². The molecule has 16 heavy (non-hydrogen) atoms. The molecule has 3 rings (SSSR count). The average Bonchev–Trinajstić information content (AvgIpc) is 3.20. The van der Waals surface area contributed by atoms with Gasteiger partial charge in [0, 0.05) is 6.54 Å². The van der Waals surface area contributed by atoms with Gasteiger partial charge in [0.1, 0.15) is 0 Å². The van der Waals surface area contributed by atoms with E-state index >= 15 is 0 Å². The summed E-state index contributed by atoms with van der Waals surface area (Å²) >= 11 is 0. The molecule has 1 aromatic carbocycles. The van der Waals surface area contributed by atoms with Crippen molar-refractivity contribution >= 4 is 0 Å². The first-order valence-electron chi connectivity index (χ1n) is 6.23. The summed E-state index contributed by atoms with van der Waals surface area (Å²) in [5.74, 6) is 1.40. The molecular formula is C14H19NO. The van der Waals surface area contributed by atoms with Crippen LogP contribution in [0.4, 0.5) is 0 Å². The van der Waals surface area contributed by atoms with Crippen molar-refractivity contribution in [3.05, 3.63) is 35.9 Å². The topological polar surface area (TPSA) is 46.2 Å². The Morgan fingerprint density at radius 2 is 1.94 bits per heavy atom. The van der Waals surface area contributed by atoms with Gasteiger partial charge in [0.25, 0.3) is 0 Å². The van der Waals surface area contributed by atoms with Gasteiger partial charge in [-0.05, 0) is 42.6 Å². The molecule has 2 aliphatic rings. The Bertz CT molecular complexity index is 374. The lowest BCUT2D eigenvalue weighted by atomic mass is 9.89. The van der Waals surface area contributed by atoms with Crippen molar-refractivity contribution < 1.29 is 5.11 Å². The number of rotatable bonds is 4. The summed E-state index contributed by atoms with van der Waals surface area (Å²) in [5.41, 5.74) is 6.56. The quantitative estimate of drug-likeness (QED) is 0.809. The zero-order chi connectivity index (χ0) is 11.2. The highest BCUT2D eigenvalue weighted by Gasteiger charge is 2.57. The van der Waals surface area contributed by atoms with E-state index in [1.807, 2.05) is 6.07 Å². The van der Waals surface area contributed by atoms with E-state index in [-0.39, 0.29) is 0 Å². The van der Waals surface area contributed by atoms with Crippen LogP contribution in [-0.2, 0) is 0 Å². The molecule has 3 N–H and O–H groups in total. The van der Waals surface area contributed by atoms with Crippen molar-refractivity contribution in [3.63, 3.8) is 0 Å². The third kappa shape index (κ3) is 1.57. The molecule has 0 heterocycles. The average molecular weight is 217 g/mol. The smallest absolute Gasteiger partial charge is 0.0831 e. The predicted molar refractivity (Wildman–Crippen MR) is 64.0 cm³/mol. The molecule has 0 radical (unpaired) electrons. The summed E-state index contributed by atoms with van der Waals surface area (Å²) in [6.07, 6.45) is 3.42. The fourth-order valence-corrected chi connectivity index (χ4v) is 3.02. The molecule has 2 fully saturated rings. The lowest BCUT2D eigenvalue weighted by Gasteiger charge is -2.27. The molecule has 0 bridgehead atoms. The van der Waals surface area contributed by atoms with E-state index in [0.29, 0.717) is 24.3 Å². The van der Waals surface area contributed by atoms with Gasteiger partial charge in [0.2, 0.25) is 0 Å². The summed E-state index contributed by atoms with van der Waals surface area (Å²) < 4.78 is 0. The highest BCUT2D eigenvalue weighted by Crippen LogP contribution is 2.59. The lowest BCUT2D eigenvalue weighted by Crippen LogP contribution is -2.42. The number of hydrogen-bond donors (Lipinski definition) is 2. The third-order valence-corrected chi connectivity index (χ3v) is 4.27. The van der Waals surface area contributed by atoms with Gasteiger partial charge >= 0.3 is 0 Å². The molecule has 2 nitrogen and oxygen atoms in total. The van der Waals surface area contributed by atoms with Crippen molar-refractivity contribution in [1.29, 1.82) is 0 Å². The predicted octanol–water partition coefficient (Wildman–Crippen LogP) is 1.89. The molecule has 0 aliphatic heterocycles. The number of benzene rings is 1. The Labute approximate surface area is 96.5 Å². The Balaban J connectivity index is 1.75. The Morgan fingerprint density at radius 1 is 1.25 bits per heavy atom. The highest BCUT2D eigenvalue weighted by atomic mass is 16.3. The van der Waals surface area contributed by atoms with E-state index in [1.54, 1.807) is 0 Å². The van der Waals surface area contributed by atoms with Crippen LogP contribution in [0.1, 0.15) is 30.7 Å². The zero-order valence-corrected chi connectivity index (χ0v) is 9.47. The van der Waals surface area contributed by atoms with Crippen LogP contribution in [-0.4, -0.2) is 17.3 Å². The first kappa shape index (κ1) is 10.3. The fraction of sp³-hybridized carbons (Fsp3) is 0.571. The minimum absolute atomic E-state index is 0.396. The second kappa shape index (κ2) is 3.57. The molecule has 1 aromatic rings. The lowest BCUT2D eigenvalue weighted by molar-refractivity contribution is 0.00219. The number of hydrogen-bond acceptors (Lipinski definition) is 2. The minimum Gasteiger partial charge on any atom is -0.388 e. The zero-order valence-electron chi connectivity index (χ0n) is 9.47. The van der Waals surface area contributed by atoms with Gasteiger partial charge < -0.3 is 10.8 Å². The standard InChI is InChI=1S/C14H19NO/c15-9-14(16,11-6-7-11)13-8-12(13)10-4-2-1-3-5-10/h1-5,11-13,16H,6-9,15H2. The van der Waals surface area contributed by atoms with Crippen LogP contribution < -0.4 is 5.73 Å². The summed E-state index contributed by atoms with van der Waals surface area (Å²) in [6.45, 7) is 0.422. The highest BCUT2D eigenvalue weighted by molar-refractivity contribution is 5.28. The van der Waals surface area contributed by atoms with Crippen LogP contribution in [0.3, 0.4) is 0 Å². The van der Waals surface area contributed by atoms with Gasteiger partial charge in [-0.2, -0.15) is 0 Å². The monoisotopic (exact) mass is 217 g/mol. The van der Waals surface area contributed by atoms with Gasteiger partial charge in [0.15, 0.2) is 0 Å². The number of nitrogens with two attached hydrogens (primary N) is 1. The van der Waals surface area contributed by atoms with Gasteiger partial charge in [-0.25, -0.2) is 0 Å². The van der Waals surface area contributed by atoms with Crippen LogP contribution in [0.2, 0.25) is 0 Å². The van der Waals surface area contributed by atoms with Gasteiger partial charge in [0.05, 0.1) is 5.60 Å². The molecule has 0 aromatic heterocycles. The molecule has 2 heteroatoms. The molecule has 0 amide bonds. The van der Waals surface area contributed by atoms with Crippen LogP contribution in [0, 0.1) is 11.8 Å². The van der Waals surface area contributed by atoms with Gasteiger partial charge in [-0.3, -0.25) is 0 Å². The molecular weight excluding hydrogens is 198 g/mol. The maximum absolute atomic E-state index is 10.6. The largest absolute Gasteiger partial charge is 0.388 e. The normalized spacial score (nSPS) is 32.1. The van der Waals surface area contributed by atoms with Crippen molar-refractivity contribution in [2.24, 2.45) is 17.6 Å². The van der Waals surface area contributed by atoms with Crippen LogP contribution in [0.15, 0.2) is 30.3 Å². The molecule has 86 valence electrons. The fourth-order valence-electron chi connectivity index (χ4n) is 3.02. The van der Waals surface area contributed by atoms with Crippen molar-refractivity contribution in [2.45, 2.75) is 30.8 Å². The van der Waals surface area contributed by atoms with Crippen molar-refractivity contribution in [2.75, 3.05) is 6.54 Å². The first-order chi connectivity index (χ1) is 7.75. The maximum Gasteiger partial charge on any atom is 0.0831 e. The first-order valence-corrected chi connectivity index (χ1v) is 6.23. The van der Waals surface area contributed by atoms with Crippen LogP contribution in [0.5, 0.6) is 0 Å². The molecule has 3 atom stereocenters. The van der Waals surface area contributed by atoms with E-state index in [0.717, 1.165) is 19.3 Å². The summed E-state index contributed by atoms with van der Waals surface area (Å²) in [6, 6.07) is 10.5. The van der Waals surface area contributed by atoms with Crippen LogP contribution >= 0.6 is 0 Å². The molecule has 0 spiro atoms. The number of aliphatic hydroxyl groups is 1. The van der Waals surface area contributed by atoms with Crippen molar-refractivity contribution in [1.82, 2.24) is 0 Å². The molecule has 3 unspecified atom stereocenters. The van der Waals surface area contributed by atoms with Crippen molar-refractivity contribution in [3.8, 4) is 0 Å². The SMILES string of the molecule is NCC(O)(C1CC1)C1CC1c1ccccc1. The second-order valence-corrected chi connectivity index (χ2v) is 5.33. The second-order valence-electron chi connectivity index (χ2n) is 5.33. The van der Waals surface area contributed by atoms with E-state index in [4.69, 9.17) is 5.73 Å². The van der Waals surface area contributed by atoms with E-state index in [1.165, 1.54) is 5.56 Å². The minimum atomic E-state index is -0.583. The molecule has 2 saturated carbocycles. The Hall–Kier alpha value is -0.860. The molecule has 0 saturated heterocycles. The Kier molecular flexibility index (Phi) is 2.30. The maximum atomic E-state index is 10.6. The Morgan fingerprint density at radius 3 is 2.50 bits per heavy atom. The van der Waals surface area contributed by atoms with Gasteiger partial charge in [-0.1, -0.05) is 30.3 Å². The summed E-state index contributed by atoms with van der Waals surface area (Å²) in [7, 11) is 0. The third-order valence-electron chi connectivity index (χ3n) is 4.27. The van der Waals surface area contributed by atoms with E-state index in [2.05, 4.69) is 24.3 Å². The van der Waals surface area contributed by atoms with Crippen LogP contribution in [0.25, 0.3) is 0 Å². The summed E-state index contributed by atoms with van der Waals surface area (Å²) in [4.78, 5) is 0. The molecule has 2 aliphatic carbocycles. The van der Waals surface area contributed by atoms with Gasteiger partial charge in [-0.15, -0.1) is 0 Å².